The third-order valence-corrected chi connectivity index (χ3v) is 5.29. The van der Waals surface area contributed by atoms with Crippen LogP contribution in [0.25, 0.3) is 0 Å². The van der Waals surface area contributed by atoms with Crippen LogP contribution < -0.4 is 8.92 Å². The summed E-state index contributed by atoms with van der Waals surface area (Å²) in [5.74, 6) is 0.525. The zero-order chi connectivity index (χ0) is 18.4. The van der Waals surface area contributed by atoms with Gasteiger partial charge in [-0.15, -0.1) is 0 Å². The van der Waals surface area contributed by atoms with Crippen molar-refractivity contribution in [2.75, 3.05) is 0 Å². The summed E-state index contributed by atoms with van der Waals surface area (Å²) in [6.45, 7) is 5.30. The number of hydrogen-bond acceptors (Lipinski definition) is 6. The molecule has 0 saturated heterocycles. The van der Waals surface area contributed by atoms with Crippen molar-refractivity contribution in [1.29, 1.82) is 0 Å². The van der Waals surface area contributed by atoms with E-state index in [9.17, 15) is 18.5 Å². The number of benzene rings is 2. The molecule has 1 heterocycles. The zero-order valence-corrected chi connectivity index (χ0v) is 14.8. The Morgan fingerprint density at radius 3 is 2.60 bits per heavy atom. The van der Waals surface area contributed by atoms with E-state index in [2.05, 4.69) is 0 Å². The Bertz CT molecular complexity index is 965. The second kappa shape index (κ2) is 5.73. The maximum Gasteiger partial charge on any atom is 0.339 e. The minimum atomic E-state index is -4.15. The van der Waals surface area contributed by atoms with Gasteiger partial charge in [0, 0.05) is 24.1 Å². The smallest absolute Gasteiger partial charge is 0.339 e. The summed E-state index contributed by atoms with van der Waals surface area (Å²) in [6.07, 6.45) is 0.649. The molecular formula is C17H17NO6S. The normalized spacial score (nSPS) is 15.3. The van der Waals surface area contributed by atoms with E-state index in [4.69, 9.17) is 8.92 Å². The third-order valence-electron chi connectivity index (χ3n) is 3.89. The van der Waals surface area contributed by atoms with Gasteiger partial charge in [-0.2, -0.15) is 8.42 Å². The van der Waals surface area contributed by atoms with Crippen molar-refractivity contribution in [2.24, 2.45) is 0 Å². The van der Waals surface area contributed by atoms with Crippen LogP contribution in [-0.4, -0.2) is 18.9 Å². The molecular weight excluding hydrogens is 346 g/mol. The van der Waals surface area contributed by atoms with Crippen LogP contribution in [0, 0.1) is 17.0 Å². The highest BCUT2D eigenvalue weighted by Gasteiger charge is 2.34. The first-order valence-corrected chi connectivity index (χ1v) is 9.00. The molecule has 2 aromatic carbocycles. The van der Waals surface area contributed by atoms with Gasteiger partial charge in [-0.05, 0) is 38.5 Å². The SMILES string of the molecule is Cc1cc([N+](=O)[O-])ccc1S(=O)(=O)Oc1cccc2c1OC(C)(C)C2. The lowest BCUT2D eigenvalue weighted by Gasteiger charge is -2.18. The minimum Gasteiger partial charge on any atom is -0.483 e. The van der Waals surface area contributed by atoms with Gasteiger partial charge in [0.05, 0.1) is 4.92 Å². The summed E-state index contributed by atoms with van der Waals surface area (Å²) < 4.78 is 36.3. The van der Waals surface area contributed by atoms with E-state index in [0.717, 1.165) is 11.6 Å². The molecule has 0 amide bonds. The average molecular weight is 363 g/mol. The fourth-order valence-corrected chi connectivity index (χ4v) is 3.99. The van der Waals surface area contributed by atoms with Crippen LogP contribution in [0.15, 0.2) is 41.3 Å². The molecule has 8 heteroatoms. The monoisotopic (exact) mass is 363 g/mol. The highest BCUT2D eigenvalue weighted by molar-refractivity contribution is 7.87. The first-order valence-electron chi connectivity index (χ1n) is 7.59. The number of ether oxygens (including phenoxy) is 1. The Morgan fingerprint density at radius 1 is 1.24 bits per heavy atom. The summed E-state index contributed by atoms with van der Waals surface area (Å²) in [7, 11) is -4.15. The molecule has 0 aliphatic carbocycles. The number of non-ortho nitro benzene ring substituents is 1. The highest BCUT2D eigenvalue weighted by Crippen LogP contribution is 2.42. The molecule has 0 fully saturated rings. The van der Waals surface area contributed by atoms with Gasteiger partial charge >= 0.3 is 10.1 Å². The average Bonchev–Trinajstić information content (AvgIpc) is 2.81. The standard InChI is InChI=1S/C17H17NO6S/c1-11-9-13(18(19)20)7-8-15(11)25(21,22)24-14-6-4-5-12-10-17(2,3)23-16(12)14/h4-9H,10H2,1-3H3. The van der Waals surface area contributed by atoms with Crippen molar-refractivity contribution in [3.05, 3.63) is 57.6 Å². The van der Waals surface area contributed by atoms with E-state index in [-0.39, 0.29) is 21.9 Å². The van der Waals surface area contributed by atoms with Crippen molar-refractivity contribution in [3.63, 3.8) is 0 Å². The van der Waals surface area contributed by atoms with E-state index < -0.39 is 20.6 Å². The first-order chi connectivity index (χ1) is 11.6. The summed E-state index contributed by atoms with van der Waals surface area (Å²) in [6, 6.07) is 8.61. The Hall–Kier alpha value is -2.61. The first kappa shape index (κ1) is 17.2. The molecule has 0 unspecified atom stereocenters. The van der Waals surface area contributed by atoms with Crippen molar-refractivity contribution in [2.45, 2.75) is 37.7 Å². The van der Waals surface area contributed by atoms with Crippen molar-refractivity contribution < 1.29 is 22.3 Å². The predicted molar refractivity (Wildman–Crippen MR) is 90.5 cm³/mol. The minimum absolute atomic E-state index is 0.112. The van der Waals surface area contributed by atoms with Gasteiger partial charge in [0.15, 0.2) is 11.5 Å². The molecule has 0 aromatic heterocycles. The number of aryl methyl sites for hydroxylation is 1. The molecule has 1 aliphatic heterocycles. The Labute approximate surface area is 145 Å². The van der Waals surface area contributed by atoms with Gasteiger partial charge in [-0.3, -0.25) is 10.1 Å². The maximum atomic E-state index is 12.6. The Balaban J connectivity index is 1.97. The van der Waals surface area contributed by atoms with Gasteiger partial charge in [-0.1, -0.05) is 12.1 Å². The largest absolute Gasteiger partial charge is 0.483 e. The lowest BCUT2D eigenvalue weighted by molar-refractivity contribution is -0.385. The van der Waals surface area contributed by atoms with E-state index in [0.29, 0.717) is 12.2 Å². The highest BCUT2D eigenvalue weighted by atomic mass is 32.2. The van der Waals surface area contributed by atoms with Crippen molar-refractivity contribution in [3.8, 4) is 11.5 Å². The fraction of sp³-hybridized carbons (Fsp3) is 0.294. The molecule has 0 N–H and O–H groups in total. The Kier molecular flexibility index (Phi) is 3.95. The van der Waals surface area contributed by atoms with Crippen molar-refractivity contribution >= 4 is 15.8 Å². The molecule has 0 spiro atoms. The number of rotatable bonds is 4. The number of fused-ring (bicyclic) bond motifs is 1. The molecule has 132 valence electrons. The maximum absolute atomic E-state index is 12.6. The van der Waals surface area contributed by atoms with E-state index >= 15 is 0 Å². The lowest BCUT2D eigenvalue weighted by atomic mass is 10.0. The summed E-state index contributed by atoms with van der Waals surface area (Å²) >= 11 is 0. The number of nitro groups is 1. The van der Waals surface area contributed by atoms with Crippen LogP contribution in [0.3, 0.4) is 0 Å². The van der Waals surface area contributed by atoms with Crippen molar-refractivity contribution in [1.82, 2.24) is 0 Å². The third kappa shape index (κ3) is 3.30. The molecule has 0 radical (unpaired) electrons. The molecule has 2 aromatic rings. The van der Waals surface area contributed by atoms with Crippen LogP contribution in [0.2, 0.25) is 0 Å². The summed E-state index contributed by atoms with van der Waals surface area (Å²) in [5, 5.41) is 10.8. The van der Waals surface area contributed by atoms with Gasteiger partial charge in [0.2, 0.25) is 0 Å². The van der Waals surface area contributed by atoms with Gasteiger partial charge in [0.1, 0.15) is 10.5 Å². The van der Waals surface area contributed by atoms with E-state index in [1.54, 1.807) is 6.07 Å². The number of nitrogens with zero attached hydrogens (tertiary/aromatic N) is 1. The van der Waals surface area contributed by atoms with Crippen LogP contribution in [-0.2, 0) is 16.5 Å². The molecule has 0 atom stereocenters. The lowest BCUT2D eigenvalue weighted by Crippen LogP contribution is -2.24. The van der Waals surface area contributed by atoms with Gasteiger partial charge < -0.3 is 8.92 Å². The topological polar surface area (TPSA) is 95.7 Å². The number of para-hydroxylation sites is 1. The van der Waals surface area contributed by atoms with Crippen LogP contribution in [0.5, 0.6) is 11.5 Å². The molecule has 25 heavy (non-hydrogen) atoms. The molecule has 1 aliphatic rings. The summed E-state index contributed by atoms with van der Waals surface area (Å²) in [5.41, 5.74) is 0.498. The quantitative estimate of drug-likeness (QED) is 0.469. The van der Waals surface area contributed by atoms with Crippen LogP contribution in [0.1, 0.15) is 25.0 Å². The number of hydrogen-bond donors (Lipinski definition) is 0. The van der Waals surface area contributed by atoms with E-state index in [1.807, 2.05) is 19.9 Å². The fourth-order valence-electron chi connectivity index (χ4n) is 2.84. The van der Waals surface area contributed by atoms with Crippen LogP contribution >= 0.6 is 0 Å². The molecule has 0 bridgehead atoms. The van der Waals surface area contributed by atoms with Gasteiger partial charge in [0.25, 0.3) is 5.69 Å². The molecule has 0 saturated carbocycles. The van der Waals surface area contributed by atoms with Gasteiger partial charge in [-0.25, -0.2) is 0 Å². The molecule has 3 rings (SSSR count). The zero-order valence-electron chi connectivity index (χ0n) is 14.0. The van der Waals surface area contributed by atoms with Crippen LogP contribution in [0.4, 0.5) is 5.69 Å². The second-order valence-corrected chi connectivity index (χ2v) is 8.04. The Morgan fingerprint density at radius 2 is 1.96 bits per heavy atom. The molecule has 7 nitrogen and oxygen atoms in total. The summed E-state index contributed by atoms with van der Waals surface area (Å²) in [4.78, 5) is 10.1. The van der Waals surface area contributed by atoms with E-state index in [1.165, 1.54) is 25.1 Å². The second-order valence-electron chi connectivity index (χ2n) is 6.53. The number of nitro benzene ring substituents is 1. The predicted octanol–water partition coefficient (Wildman–Crippen LogP) is 3.38.